The molecule has 0 saturated carbocycles. The van der Waals surface area contributed by atoms with Gasteiger partial charge in [0.15, 0.2) is 0 Å². The number of carbonyl (C=O) groups excluding carboxylic acids is 1. The van der Waals surface area contributed by atoms with Crippen LogP contribution in [0, 0.1) is 0 Å². The minimum absolute atomic E-state index is 0.0716. The third-order valence-electron chi connectivity index (χ3n) is 1.98. The second-order valence-corrected chi connectivity index (χ2v) is 6.23. The first-order valence-corrected chi connectivity index (χ1v) is 6.92. The average molecular weight is 285 g/mol. The van der Waals surface area contributed by atoms with Crippen molar-refractivity contribution in [3.8, 4) is 0 Å². The molecule has 0 fully saturated rings. The summed E-state index contributed by atoms with van der Waals surface area (Å²) >= 11 is 0. The number of likely N-dealkylation sites (N-methyl/N-ethyl adjacent to an activating group) is 1. The number of rotatable bonds is 10. The van der Waals surface area contributed by atoms with Gasteiger partial charge in [-0.15, -0.1) is 0 Å². The molecule has 18 heavy (non-hydrogen) atoms. The molecular weight excluding hydrogens is 263 g/mol. The van der Waals surface area contributed by atoms with Gasteiger partial charge < -0.3 is 19.8 Å². The maximum atomic E-state index is 11.4. The normalized spacial score (nSPS) is 16.9. The van der Waals surface area contributed by atoms with E-state index in [1.54, 1.807) is 0 Å². The summed E-state index contributed by atoms with van der Waals surface area (Å²) in [5.74, 6) is 0. The number of aliphatic hydroxyl groups is 1. The van der Waals surface area contributed by atoms with E-state index in [-0.39, 0.29) is 13.2 Å². The molecule has 0 saturated heterocycles. The number of hydrogen-bond donors (Lipinski definition) is 3. The molecule has 108 valence electrons. The van der Waals surface area contributed by atoms with Gasteiger partial charge >= 0.3 is 7.82 Å². The third kappa shape index (κ3) is 9.52. The lowest BCUT2D eigenvalue weighted by Crippen LogP contribution is -2.37. The number of phosphoric ester groups is 1. The highest BCUT2D eigenvalue weighted by Crippen LogP contribution is 2.42. The lowest BCUT2D eigenvalue weighted by Gasteiger charge is -2.24. The third-order valence-corrected chi connectivity index (χ3v) is 2.96. The maximum Gasteiger partial charge on any atom is 0.472 e. The van der Waals surface area contributed by atoms with Gasteiger partial charge in [0.2, 0.25) is 6.41 Å². The van der Waals surface area contributed by atoms with Gasteiger partial charge in [0.05, 0.1) is 40.4 Å². The Kier molecular flexibility index (Phi) is 7.61. The van der Waals surface area contributed by atoms with Gasteiger partial charge in [-0.1, -0.05) is 0 Å². The summed E-state index contributed by atoms with van der Waals surface area (Å²) in [7, 11) is 1.61. The minimum Gasteiger partial charge on any atom is -0.394 e. The fourth-order valence-electron chi connectivity index (χ4n) is 0.901. The van der Waals surface area contributed by atoms with Crippen molar-refractivity contribution in [3.05, 3.63) is 0 Å². The van der Waals surface area contributed by atoms with E-state index in [0.717, 1.165) is 0 Å². The van der Waals surface area contributed by atoms with Crippen LogP contribution < -0.4 is 5.32 Å². The van der Waals surface area contributed by atoms with Crippen LogP contribution >= 0.6 is 7.82 Å². The van der Waals surface area contributed by atoms with Crippen LogP contribution in [0.1, 0.15) is 0 Å². The maximum absolute atomic E-state index is 11.4. The lowest BCUT2D eigenvalue weighted by molar-refractivity contribution is -0.870. The monoisotopic (exact) mass is 285 g/mol. The van der Waals surface area contributed by atoms with Gasteiger partial charge in [-0.25, -0.2) is 4.57 Å². The predicted octanol–water partition coefficient (Wildman–Crippen LogP) is -1.07. The summed E-state index contributed by atoms with van der Waals surface area (Å²) in [6.45, 7) is -0.0723. The summed E-state index contributed by atoms with van der Waals surface area (Å²) < 4.78 is 21.4. The van der Waals surface area contributed by atoms with Crippen molar-refractivity contribution in [2.75, 3.05) is 47.5 Å². The smallest absolute Gasteiger partial charge is 0.394 e. The Morgan fingerprint density at radius 1 is 1.39 bits per heavy atom. The molecule has 0 aliphatic rings. The number of phosphoric acid groups is 1. The quantitative estimate of drug-likeness (QED) is 0.268. The molecule has 2 atom stereocenters. The number of nitrogens with zero attached hydrogens (tertiary/aromatic N) is 1. The van der Waals surface area contributed by atoms with Gasteiger partial charge in [-0.05, 0) is 0 Å². The molecule has 0 bridgehead atoms. The SMILES string of the molecule is C[N+](C)(C)CCOP(=O)(O)OC[C@@H](CO)NC=O. The Bertz CT molecular complexity index is 293. The zero-order valence-electron chi connectivity index (χ0n) is 10.9. The average Bonchev–Trinajstić information content (AvgIpc) is 2.22. The molecule has 0 aromatic rings. The summed E-state index contributed by atoms with van der Waals surface area (Å²) in [4.78, 5) is 19.5. The van der Waals surface area contributed by atoms with Crippen LogP contribution in [0.15, 0.2) is 0 Å². The predicted molar refractivity (Wildman–Crippen MR) is 64.7 cm³/mol. The van der Waals surface area contributed by atoms with E-state index >= 15 is 0 Å². The molecule has 1 amide bonds. The van der Waals surface area contributed by atoms with Gasteiger partial charge in [0.25, 0.3) is 0 Å². The molecule has 0 heterocycles. The van der Waals surface area contributed by atoms with Crippen molar-refractivity contribution in [1.82, 2.24) is 5.32 Å². The van der Waals surface area contributed by atoms with Crippen molar-refractivity contribution in [3.63, 3.8) is 0 Å². The zero-order valence-corrected chi connectivity index (χ0v) is 11.8. The molecule has 3 N–H and O–H groups in total. The number of nitrogens with one attached hydrogen (secondary N) is 1. The highest BCUT2D eigenvalue weighted by molar-refractivity contribution is 7.47. The van der Waals surface area contributed by atoms with Crippen molar-refractivity contribution in [2.45, 2.75) is 6.04 Å². The largest absolute Gasteiger partial charge is 0.472 e. The lowest BCUT2D eigenvalue weighted by atomic mass is 10.3. The number of hydrogen-bond acceptors (Lipinski definition) is 5. The number of amides is 1. The fourth-order valence-corrected chi connectivity index (χ4v) is 1.66. The Hall–Kier alpha value is -0.500. The van der Waals surface area contributed by atoms with Gasteiger partial charge in [-0.3, -0.25) is 13.8 Å². The van der Waals surface area contributed by atoms with Crippen LogP contribution in [0.25, 0.3) is 0 Å². The molecule has 8 nitrogen and oxygen atoms in total. The number of quaternary nitrogens is 1. The summed E-state index contributed by atoms with van der Waals surface area (Å²) in [5.41, 5.74) is 0. The molecule has 0 rings (SSSR count). The molecule has 0 radical (unpaired) electrons. The molecule has 0 aliphatic carbocycles. The van der Waals surface area contributed by atoms with E-state index in [4.69, 9.17) is 9.63 Å². The van der Waals surface area contributed by atoms with E-state index in [1.807, 2.05) is 21.1 Å². The summed E-state index contributed by atoms with van der Waals surface area (Å²) in [6, 6.07) is -0.732. The Morgan fingerprint density at radius 3 is 2.44 bits per heavy atom. The topological polar surface area (TPSA) is 105 Å². The molecule has 0 aromatic carbocycles. The van der Waals surface area contributed by atoms with E-state index in [1.165, 1.54) is 0 Å². The van der Waals surface area contributed by atoms with Crippen molar-refractivity contribution < 1.29 is 32.9 Å². The molecule has 9 heteroatoms. The van der Waals surface area contributed by atoms with Crippen LogP contribution in [-0.4, -0.2) is 74.4 Å². The van der Waals surface area contributed by atoms with Gasteiger partial charge in [0, 0.05) is 0 Å². The van der Waals surface area contributed by atoms with Gasteiger partial charge in [0.1, 0.15) is 13.2 Å². The van der Waals surface area contributed by atoms with Crippen LogP contribution in [0.4, 0.5) is 0 Å². The Balaban J connectivity index is 3.99. The molecular formula is C9H22N2O6P+. The molecule has 0 aromatic heterocycles. The highest BCUT2D eigenvalue weighted by Gasteiger charge is 2.24. The van der Waals surface area contributed by atoms with E-state index in [0.29, 0.717) is 17.4 Å². The van der Waals surface area contributed by atoms with Crippen molar-refractivity contribution in [1.29, 1.82) is 0 Å². The number of carbonyl (C=O) groups is 1. The molecule has 1 unspecified atom stereocenters. The molecule has 0 aliphatic heterocycles. The van der Waals surface area contributed by atoms with Gasteiger partial charge in [-0.2, -0.15) is 0 Å². The van der Waals surface area contributed by atoms with Crippen LogP contribution in [-0.2, 0) is 18.4 Å². The first-order chi connectivity index (χ1) is 8.20. The first kappa shape index (κ1) is 17.5. The van der Waals surface area contributed by atoms with Crippen molar-refractivity contribution >= 4 is 14.2 Å². The Morgan fingerprint density at radius 2 is 2.00 bits per heavy atom. The minimum atomic E-state index is -4.15. The number of aliphatic hydroxyl groups excluding tert-OH is 1. The second-order valence-electron chi connectivity index (χ2n) is 4.78. The molecule has 0 spiro atoms. The van der Waals surface area contributed by atoms with Crippen LogP contribution in [0.3, 0.4) is 0 Å². The van der Waals surface area contributed by atoms with Crippen LogP contribution in [0.2, 0.25) is 0 Å². The van der Waals surface area contributed by atoms with E-state index in [9.17, 15) is 14.3 Å². The fraction of sp³-hybridized carbons (Fsp3) is 0.889. The zero-order chi connectivity index (χ0) is 14.2. The summed E-state index contributed by atoms with van der Waals surface area (Å²) in [5, 5.41) is 11.1. The first-order valence-electron chi connectivity index (χ1n) is 5.43. The van der Waals surface area contributed by atoms with Crippen molar-refractivity contribution in [2.24, 2.45) is 0 Å². The van der Waals surface area contributed by atoms with E-state index in [2.05, 4.69) is 9.84 Å². The summed E-state index contributed by atoms with van der Waals surface area (Å²) in [6.07, 6.45) is 0.379. The van der Waals surface area contributed by atoms with Crippen LogP contribution in [0.5, 0.6) is 0 Å². The highest BCUT2D eigenvalue weighted by atomic mass is 31.2. The second kappa shape index (κ2) is 7.83. The Labute approximate surface area is 107 Å². The van der Waals surface area contributed by atoms with E-state index < -0.39 is 20.5 Å². The standard InChI is InChI=1S/C9H21N2O6P/c1-11(2,3)4-5-16-18(14,15)17-7-9(6-12)10-8-13/h8-9,12H,4-7H2,1-3H3,(H-,10,13,14,15)/p+1/t9-/m1/s1.